The Morgan fingerprint density at radius 1 is 1.33 bits per heavy atom. The van der Waals surface area contributed by atoms with Crippen LogP contribution in [0.2, 0.25) is 5.15 Å². The van der Waals surface area contributed by atoms with Gasteiger partial charge in [-0.1, -0.05) is 11.6 Å². The monoisotopic (exact) mass is 218 g/mol. The first-order valence-electron chi connectivity index (χ1n) is 4.51. The van der Waals surface area contributed by atoms with Gasteiger partial charge < -0.3 is 5.32 Å². The van der Waals surface area contributed by atoms with Crippen molar-refractivity contribution in [2.45, 2.75) is 6.54 Å². The predicted octanol–water partition coefficient (Wildman–Crippen LogP) is 2.54. The molecule has 0 bridgehead atoms. The molecule has 0 spiro atoms. The van der Waals surface area contributed by atoms with Gasteiger partial charge >= 0.3 is 0 Å². The van der Waals surface area contributed by atoms with E-state index in [4.69, 9.17) is 11.6 Å². The molecule has 0 fully saturated rings. The van der Waals surface area contributed by atoms with Gasteiger partial charge in [0.1, 0.15) is 11.0 Å². The average Bonchev–Trinajstić information content (AvgIpc) is 2.28. The predicted molar refractivity (Wildman–Crippen MR) is 59.6 cm³/mol. The molecule has 0 aliphatic heterocycles. The van der Waals surface area contributed by atoms with Crippen LogP contribution in [0.3, 0.4) is 0 Å². The third-order valence-electron chi connectivity index (χ3n) is 1.86. The summed E-state index contributed by atoms with van der Waals surface area (Å²) in [5.74, 6) is 0.727. The smallest absolute Gasteiger partial charge is 0.134 e. The third-order valence-corrected chi connectivity index (χ3v) is 2.06. The second kappa shape index (κ2) is 4.75. The maximum Gasteiger partial charge on any atom is 0.134 e. The van der Waals surface area contributed by atoms with E-state index in [0.717, 1.165) is 11.4 Å². The molecule has 15 heavy (non-hydrogen) atoms. The normalized spacial score (nSPS) is 9.93. The van der Waals surface area contributed by atoms with E-state index in [1.807, 2.05) is 24.3 Å². The molecule has 0 saturated heterocycles. The summed E-state index contributed by atoms with van der Waals surface area (Å²) < 4.78 is 0. The summed E-state index contributed by atoms with van der Waals surface area (Å²) in [6.07, 6.45) is 3.40. The highest BCUT2D eigenvalue weighted by Gasteiger charge is 1.95. The van der Waals surface area contributed by atoms with E-state index in [9.17, 15) is 0 Å². The van der Waals surface area contributed by atoms with E-state index < -0.39 is 0 Å². The molecule has 0 aliphatic rings. The summed E-state index contributed by atoms with van der Waals surface area (Å²) in [5, 5.41) is 3.63. The molecule has 0 atom stereocenters. The fourth-order valence-corrected chi connectivity index (χ4v) is 1.36. The van der Waals surface area contributed by atoms with Crippen molar-refractivity contribution in [2.75, 3.05) is 5.32 Å². The lowest BCUT2D eigenvalue weighted by Crippen LogP contribution is -2.01. The van der Waals surface area contributed by atoms with Gasteiger partial charge in [-0.3, -0.25) is 0 Å². The molecule has 0 unspecified atom stereocenters. The van der Waals surface area contributed by atoms with Crippen molar-refractivity contribution in [3.05, 3.63) is 53.4 Å². The Labute approximate surface area is 93.1 Å². The van der Waals surface area contributed by atoms with E-state index in [-0.39, 0.29) is 0 Å². The minimum atomic E-state index is 0.499. The van der Waals surface area contributed by atoms with Crippen LogP contribution in [0.25, 0.3) is 0 Å². The summed E-state index contributed by atoms with van der Waals surface area (Å²) >= 11 is 5.76. The number of anilines is 1. The topological polar surface area (TPSA) is 37.8 Å². The van der Waals surface area contributed by atoms with Gasteiger partial charge in [0.15, 0.2) is 0 Å². The molecule has 0 amide bonds. The Morgan fingerprint density at radius 2 is 2.27 bits per heavy atom. The summed E-state index contributed by atoms with van der Waals surface area (Å²) in [4.78, 5) is 8.01. The Kier molecular flexibility index (Phi) is 3.15. The lowest BCUT2D eigenvalue weighted by atomic mass is 10.3. The van der Waals surface area contributed by atoms with Crippen molar-refractivity contribution in [1.29, 1.82) is 0 Å². The molecule has 3 nitrogen and oxygen atoms in total. The maximum absolute atomic E-state index is 5.76. The maximum atomic E-state index is 5.76. The second-order valence-electron chi connectivity index (χ2n) is 2.97. The molecule has 1 radical (unpaired) electrons. The number of aromatic nitrogens is 2. The number of hydrogen-bond acceptors (Lipinski definition) is 3. The molecule has 0 aliphatic carbocycles. The van der Waals surface area contributed by atoms with Gasteiger partial charge in [0.05, 0.1) is 0 Å². The number of hydrogen-bond donors (Lipinski definition) is 1. The Bertz CT molecular complexity index is 431. The van der Waals surface area contributed by atoms with Crippen LogP contribution in [0.15, 0.2) is 36.7 Å². The molecule has 2 rings (SSSR count). The molecule has 75 valence electrons. The highest BCUT2D eigenvalue weighted by Crippen LogP contribution is 2.08. The van der Waals surface area contributed by atoms with Gasteiger partial charge in [-0.05, 0) is 29.8 Å². The number of halogens is 1. The third kappa shape index (κ3) is 2.92. The Balaban J connectivity index is 1.99. The van der Waals surface area contributed by atoms with Crippen LogP contribution in [0, 0.1) is 6.07 Å². The van der Waals surface area contributed by atoms with E-state index in [0.29, 0.717) is 11.7 Å². The van der Waals surface area contributed by atoms with Gasteiger partial charge in [-0.2, -0.15) is 0 Å². The summed E-state index contributed by atoms with van der Waals surface area (Å²) in [5.41, 5.74) is 1.06. The molecule has 0 saturated carbocycles. The van der Waals surface area contributed by atoms with Crippen molar-refractivity contribution in [1.82, 2.24) is 9.97 Å². The minimum absolute atomic E-state index is 0.499. The second-order valence-corrected chi connectivity index (χ2v) is 3.36. The van der Waals surface area contributed by atoms with Gasteiger partial charge in [0, 0.05) is 25.0 Å². The van der Waals surface area contributed by atoms with Gasteiger partial charge in [-0.25, -0.2) is 9.97 Å². The fraction of sp³-hybridized carbons (Fsp3) is 0.0909. The molecule has 2 heterocycles. The molecule has 4 heteroatoms. The summed E-state index contributed by atoms with van der Waals surface area (Å²) in [7, 11) is 0. The molecule has 0 aromatic carbocycles. The van der Waals surface area contributed by atoms with Gasteiger partial charge in [0.2, 0.25) is 0 Å². The molecule has 2 aromatic rings. The SMILES string of the molecule is Clc1cc(CNc2[c]cccn2)ccn1. The van der Waals surface area contributed by atoms with Crippen LogP contribution in [-0.4, -0.2) is 9.97 Å². The van der Waals surface area contributed by atoms with Crippen LogP contribution < -0.4 is 5.32 Å². The van der Waals surface area contributed by atoms with Crippen molar-refractivity contribution in [2.24, 2.45) is 0 Å². The number of pyridine rings is 2. The van der Waals surface area contributed by atoms with Crippen molar-refractivity contribution in [3.63, 3.8) is 0 Å². The number of nitrogens with zero attached hydrogens (tertiary/aromatic N) is 2. The lowest BCUT2D eigenvalue weighted by molar-refractivity contribution is 1.10. The van der Waals surface area contributed by atoms with Crippen molar-refractivity contribution < 1.29 is 0 Å². The first-order chi connectivity index (χ1) is 7.34. The largest absolute Gasteiger partial charge is 0.365 e. The van der Waals surface area contributed by atoms with Crippen molar-refractivity contribution in [3.8, 4) is 0 Å². The fourth-order valence-electron chi connectivity index (χ4n) is 1.16. The van der Waals surface area contributed by atoms with Crippen molar-refractivity contribution >= 4 is 17.4 Å². The average molecular weight is 219 g/mol. The van der Waals surface area contributed by atoms with Crippen LogP contribution in [-0.2, 0) is 6.54 Å². The Morgan fingerprint density at radius 3 is 3.00 bits per heavy atom. The highest BCUT2D eigenvalue weighted by atomic mass is 35.5. The van der Waals surface area contributed by atoms with Crippen LogP contribution >= 0.6 is 11.6 Å². The van der Waals surface area contributed by atoms with Gasteiger partial charge in [0.25, 0.3) is 0 Å². The van der Waals surface area contributed by atoms with Crippen LogP contribution in [0.5, 0.6) is 0 Å². The molecule has 2 aromatic heterocycles. The van der Waals surface area contributed by atoms with E-state index in [2.05, 4.69) is 21.4 Å². The zero-order valence-electron chi connectivity index (χ0n) is 7.94. The number of rotatable bonds is 3. The van der Waals surface area contributed by atoms with E-state index in [1.54, 1.807) is 12.4 Å². The molecular weight excluding hydrogens is 210 g/mol. The van der Waals surface area contributed by atoms with Gasteiger partial charge in [-0.15, -0.1) is 0 Å². The zero-order valence-corrected chi connectivity index (χ0v) is 8.70. The minimum Gasteiger partial charge on any atom is -0.365 e. The van der Waals surface area contributed by atoms with Crippen LogP contribution in [0.1, 0.15) is 5.56 Å². The summed E-state index contributed by atoms with van der Waals surface area (Å²) in [6, 6.07) is 10.3. The Hall–Kier alpha value is -1.61. The van der Waals surface area contributed by atoms with Crippen LogP contribution in [0.4, 0.5) is 5.82 Å². The number of nitrogens with one attached hydrogen (secondary N) is 1. The molecule has 1 N–H and O–H groups in total. The first kappa shape index (κ1) is 9.93. The quantitative estimate of drug-likeness (QED) is 0.805. The lowest BCUT2D eigenvalue weighted by Gasteiger charge is -2.04. The summed E-state index contributed by atoms with van der Waals surface area (Å²) in [6.45, 7) is 0.662. The standard InChI is InChI=1S/C11H9ClN3/c12-10-7-9(4-6-13-10)8-15-11-3-1-2-5-14-11/h1-2,4-7H,8H2,(H,14,15). The highest BCUT2D eigenvalue weighted by molar-refractivity contribution is 6.29. The molecular formula is C11H9ClN3. The zero-order chi connectivity index (χ0) is 10.5. The first-order valence-corrected chi connectivity index (χ1v) is 4.89. The van der Waals surface area contributed by atoms with E-state index >= 15 is 0 Å². The van der Waals surface area contributed by atoms with E-state index in [1.165, 1.54) is 0 Å².